The highest BCUT2D eigenvalue weighted by Crippen LogP contribution is 2.33. The second kappa shape index (κ2) is 13.3. The monoisotopic (exact) mass is 565 g/mol. The smallest absolute Gasteiger partial charge is 0.245 e. The van der Waals surface area contributed by atoms with Crippen molar-refractivity contribution in [2.45, 2.75) is 51.9 Å². The summed E-state index contributed by atoms with van der Waals surface area (Å²) in [5, 5.41) is 7.68. The highest BCUT2D eigenvalue weighted by molar-refractivity contribution is 5.90. The fourth-order valence-electron chi connectivity index (χ4n) is 6.27. The summed E-state index contributed by atoms with van der Waals surface area (Å²) in [7, 11) is 0. The molecule has 1 N–H and O–H groups in total. The number of likely N-dealkylation sites (N-methyl/N-ethyl adjacent to an activating group) is 1. The van der Waals surface area contributed by atoms with E-state index in [1.807, 2.05) is 40.1 Å². The minimum absolute atomic E-state index is 0.00437. The Morgan fingerprint density at radius 3 is 2.02 bits per heavy atom. The van der Waals surface area contributed by atoms with Crippen LogP contribution < -0.4 is 5.32 Å². The number of benzene rings is 3. The Morgan fingerprint density at radius 2 is 1.48 bits per heavy atom. The van der Waals surface area contributed by atoms with E-state index in [1.165, 1.54) is 11.1 Å². The summed E-state index contributed by atoms with van der Waals surface area (Å²) in [5.41, 5.74) is 3.48. The molecule has 42 heavy (non-hydrogen) atoms. The van der Waals surface area contributed by atoms with Gasteiger partial charge in [-0.1, -0.05) is 118 Å². The molecule has 7 nitrogen and oxygen atoms in total. The molecule has 0 unspecified atom stereocenters. The number of carbonyl (C=O) groups excluding carboxylic acids is 2. The van der Waals surface area contributed by atoms with Gasteiger partial charge >= 0.3 is 0 Å². The van der Waals surface area contributed by atoms with Crippen molar-refractivity contribution in [3.8, 4) is 0 Å². The lowest BCUT2D eigenvalue weighted by molar-refractivity contribution is -0.196. The predicted octanol–water partition coefficient (Wildman–Crippen LogP) is 5.04. The number of hydrazine groups is 1. The summed E-state index contributed by atoms with van der Waals surface area (Å²) in [6.45, 7) is 13.1. The molecule has 220 valence electrons. The third-order valence-corrected chi connectivity index (χ3v) is 8.31. The lowest BCUT2D eigenvalue weighted by Gasteiger charge is -2.57. The summed E-state index contributed by atoms with van der Waals surface area (Å²) in [4.78, 5) is 31.8. The van der Waals surface area contributed by atoms with Crippen LogP contribution in [0.15, 0.2) is 103 Å². The van der Waals surface area contributed by atoms with Crippen molar-refractivity contribution in [2.75, 3.05) is 26.2 Å². The van der Waals surface area contributed by atoms with Gasteiger partial charge in [0.1, 0.15) is 18.0 Å². The molecule has 3 aromatic rings. The molecule has 0 radical (unpaired) electrons. The van der Waals surface area contributed by atoms with E-state index in [-0.39, 0.29) is 36.4 Å². The summed E-state index contributed by atoms with van der Waals surface area (Å²) in [5.74, 6) is 1.01. The normalized spacial score (nSPS) is 19.4. The molecule has 2 amide bonds. The Bertz CT molecular complexity index is 1310. The number of nitrogens with zero attached hydrogens (tertiary/aromatic N) is 4. The zero-order valence-corrected chi connectivity index (χ0v) is 25.0. The van der Waals surface area contributed by atoms with E-state index in [9.17, 15) is 9.59 Å². The number of hydrogen-bond acceptors (Lipinski definition) is 5. The Labute approximate surface area is 250 Å². The van der Waals surface area contributed by atoms with E-state index in [0.29, 0.717) is 32.6 Å². The van der Waals surface area contributed by atoms with Crippen LogP contribution in [0.3, 0.4) is 0 Å². The molecule has 0 bridgehead atoms. The average Bonchev–Trinajstić information content (AvgIpc) is 3.01. The van der Waals surface area contributed by atoms with Gasteiger partial charge in [-0.05, 0) is 29.0 Å². The SMILES string of the molecule is C=C(NCc1ccccc1)N1[C@H]2CN(CC(c3ccccc3)c3ccccc3)C(=O)[C@H](CC(C)C)N2C(=O)CN1CC. The minimum atomic E-state index is -0.521. The second-order valence-electron chi connectivity index (χ2n) is 11.7. The predicted molar refractivity (Wildman–Crippen MR) is 167 cm³/mol. The maximum Gasteiger partial charge on any atom is 0.245 e. The van der Waals surface area contributed by atoms with Gasteiger partial charge in [0.15, 0.2) is 0 Å². The topological polar surface area (TPSA) is 59.1 Å². The summed E-state index contributed by atoms with van der Waals surface area (Å²) >= 11 is 0. The largest absolute Gasteiger partial charge is 0.367 e. The van der Waals surface area contributed by atoms with E-state index in [4.69, 9.17) is 0 Å². The Hall–Kier alpha value is -4.10. The van der Waals surface area contributed by atoms with Crippen molar-refractivity contribution in [1.82, 2.24) is 25.1 Å². The first-order valence-corrected chi connectivity index (χ1v) is 15.1. The van der Waals surface area contributed by atoms with Gasteiger partial charge in [0.2, 0.25) is 11.8 Å². The number of rotatable bonds is 11. The second-order valence-corrected chi connectivity index (χ2v) is 11.7. The van der Waals surface area contributed by atoms with E-state index < -0.39 is 6.04 Å². The first-order valence-electron chi connectivity index (χ1n) is 15.1. The Balaban J connectivity index is 1.48. The number of carbonyl (C=O) groups is 2. The highest BCUT2D eigenvalue weighted by Gasteiger charge is 2.50. The van der Waals surface area contributed by atoms with Crippen molar-refractivity contribution in [2.24, 2.45) is 5.92 Å². The molecule has 7 heteroatoms. The van der Waals surface area contributed by atoms with Crippen LogP contribution >= 0.6 is 0 Å². The first-order chi connectivity index (χ1) is 20.4. The van der Waals surface area contributed by atoms with Gasteiger partial charge in [-0.25, -0.2) is 5.01 Å². The van der Waals surface area contributed by atoms with Gasteiger partial charge in [0, 0.05) is 25.6 Å². The minimum Gasteiger partial charge on any atom is -0.367 e. The van der Waals surface area contributed by atoms with Crippen LogP contribution in [0.5, 0.6) is 0 Å². The number of amides is 2. The summed E-state index contributed by atoms with van der Waals surface area (Å²) in [6.07, 6.45) is 0.263. The van der Waals surface area contributed by atoms with Crippen LogP contribution in [0.25, 0.3) is 0 Å². The quantitative estimate of drug-likeness (QED) is 0.353. The summed E-state index contributed by atoms with van der Waals surface area (Å²) < 4.78 is 0. The fraction of sp³-hybridized carbons (Fsp3) is 0.371. The van der Waals surface area contributed by atoms with Gasteiger partial charge in [-0.3, -0.25) is 14.6 Å². The molecule has 2 saturated heterocycles. The highest BCUT2D eigenvalue weighted by atomic mass is 16.2. The van der Waals surface area contributed by atoms with Gasteiger partial charge in [0.25, 0.3) is 0 Å². The molecule has 2 atom stereocenters. The van der Waals surface area contributed by atoms with Crippen LogP contribution in [0.1, 0.15) is 49.8 Å². The van der Waals surface area contributed by atoms with Gasteiger partial charge in [-0.2, -0.15) is 0 Å². The third-order valence-electron chi connectivity index (χ3n) is 8.31. The maximum atomic E-state index is 14.3. The molecular weight excluding hydrogens is 522 g/mol. The van der Waals surface area contributed by atoms with Gasteiger partial charge < -0.3 is 15.1 Å². The van der Waals surface area contributed by atoms with Gasteiger partial charge in [0.05, 0.1) is 13.1 Å². The van der Waals surface area contributed by atoms with Crippen LogP contribution in [0.2, 0.25) is 0 Å². The molecule has 0 saturated carbocycles. The zero-order chi connectivity index (χ0) is 29.6. The molecule has 2 fully saturated rings. The fourth-order valence-corrected chi connectivity index (χ4v) is 6.27. The molecule has 2 aliphatic heterocycles. The molecule has 0 aromatic heterocycles. The molecule has 5 rings (SSSR count). The number of hydrogen-bond donors (Lipinski definition) is 1. The van der Waals surface area contributed by atoms with Crippen LogP contribution in [-0.4, -0.2) is 70.0 Å². The van der Waals surface area contributed by atoms with E-state index in [2.05, 4.69) is 103 Å². The summed E-state index contributed by atoms with van der Waals surface area (Å²) in [6, 6.07) is 30.5. The van der Waals surface area contributed by atoms with E-state index in [0.717, 1.165) is 11.4 Å². The first kappa shape index (κ1) is 29.4. The zero-order valence-electron chi connectivity index (χ0n) is 25.0. The van der Waals surface area contributed by atoms with Crippen LogP contribution in [0.4, 0.5) is 0 Å². The Morgan fingerprint density at radius 1 is 0.905 bits per heavy atom. The molecule has 2 heterocycles. The van der Waals surface area contributed by atoms with Crippen molar-refractivity contribution in [1.29, 1.82) is 0 Å². The van der Waals surface area contributed by atoms with E-state index in [1.54, 1.807) is 0 Å². The van der Waals surface area contributed by atoms with E-state index >= 15 is 0 Å². The molecular formula is C35H43N5O2. The molecule has 3 aromatic carbocycles. The van der Waals surface area contributed by atoms with Crippen molar-refractivity contribution >= 4 is 11.8 Å². The molecule has 0 spiro atoms. The number of nitrogens with one attached hydrogen (secondary N) is 1. The van der Waals surface area contributed by atoms with Crippen molar-refractivity contribution < 1.29 is 9.59 Å². The van der Waals surface area contributed by atoms with Crippen molar-refractivity contribution in [3.63, 3.8) is 0 Å². The number of fused-ring (bicyclic) bond motifs is 1. The lowest BCUT2D eigenvalue weighted by Crippen LogP contribution is -2.75. The standard InChI is InChI=1S/C35H43N5O2/c1-5-38-25-34(41)39-32(21-26(2)3)35(42)37(23-31(29-17-11-7-12-18-29)30-19-13-8-14-20-30)24-33(39)40(38)27(4)36-22-28-15-9-6-10-16-28/h6-20,26,31-33,36H,4-5,21-25H2,1-3H3/t32-,33-/m0/s1. The van der Waals surface area contributed by atoms with Gasteiger partial charge in [-0.15, -0.1) is 0 Å². The molecule has 0 aliphatic carbocycles. The lowest BCUT2D eigenvalue weighted by atomic mass is 9.89. The van der Waals surface area contributed by atoms with Crippen LogP contribution in [0, 0.1) is 5.92 Å². The molecule has 2 aliphatic rings. The Kier molecular flexibility index (Phi) is 9.28. The van der Waals surface area contributed by atoms with Crippen LogP contribution in [-0.2, 0) is 16.1 Å². The third kappa shape index (κ3) is 6.36. The maximum absolute atomic E-state index is 14.3. The number of piperazine rings is 1. The van der Waals surface area contributed by atoms with Crippen molar-refractivity contribution in [3.05, 3.63) is 120 Å². The average molecular weight is 566 g/mol.